The van der Waals surface area contributed by atoms with E-state index >= 15 is 0 Å². The Morgan fingerprint density at radius 1 is 0.593 bits per heavy atom. The fourth-order valence-corrected chi connectivity index (χ4v) is 9.68. The zero-order chi connectivity index (χ0) is 18.5. The predicted octanol–water partition coefficient (Wildman–Crippen LogP) is 8.02. The van der Waals surface area contributed by atoms with Crippen molar-refractivity contribution in [1.82, 2.24) is 0 Å². The Bertz CT molecular complexity index is 1130. The molecule has 0 atom stereocenters. The van der Waals surface area contributed by atoms with E-state index in [1.54, 1.807) is 22.3 Å². The van der Waals surface area contributed by atoms with Gasteiger partial charge in [0.05, 0.1) is 5.41 Å². The van der Waals surface area contributed by atoms with Crippen molar-refractivity contribution in [2.75, 3.05) is 0 Å². The molecule has 0 bridgehead atoms. The zero-order valence-corrected chi connectivity index (χ0v) is 19.1. The summed E-state index contributed by atoms with van der Waals surface area (Å²) >= 11 is 8.03. The van der Waals surface area contributed by atoms with Crippen molar-refractivity contribution >= 4 is 45.3 Å². The fraction of sp³-hybridized carbons (Fsp3) is 0.304. The second-order valence-corrected chi connectivity index (χ2v) is 12.4. The number of hydrogen-bond acceptors (Lipinski definition) is 4. The molecule has 1 spiro atoms. The number of aryl methyl sites for hydroxylation is 4. The molecule has 0 unspecified atom stereocenters. The molecule has 2 aliphatic carbocycles. The average molecular weight is 425 g/mol. The summed E-state index contributed by atoms with van der Waals surface area (Å²) in [6.45, 7) is 9.11. The lowest BCUT2D eigenvalue weighted by Gasteiger charge is -2.27. The summed E-state index contributed by atoms with van der Waals surface area (Å²) < 4.78 is 0. The monoisotopic (exact) mass is 424 g/mol. The SMILES string of the molecule is CCc1cc2c(s1)-c1sc(C)cc1C21c2cc(C)sc2-c2sc(CC)cc21. The molecule has 4 heterocycles. The molecule has 0 saturated carbocycles. The Kier molecular flexibility index (Phi) is 3.37. The van der Waals surface area contributed by atoms with Crippen molar-refractivity contribution in [1.29, 1.82) is 0 Å². The molecule has 27 heavy (non-hydrogen) atoms. The van der Waals surface area contributed by atoms with Crippen molar-refractivity contribution < 1.29 is 0 Å². The van der Waals surface area contributed by atoms with Gasteiger partial charge in [-0.3, -0.25) is 0 Å². The van der Waals surface area contributed by atoms with Crippen molar-refractivity contribution in [3.8, 4) is 19.5 Å². The molecular weight excluding hydrogens is 405 g/mol. The van der Waals surface area contributed by atoms with Gasteiger partial charge in [-0.2, -0.15) is 0 Å². The van der Waals surface area contributed by atoms with Gasteiger partial charge in [-0.25, -0.2) is 0 Å². The van der Waals surface area contributed by atoms with Crippen LogP contribution in [-0.4, -0.2) is 0 Å². The van der Waals surface area contributed by atoms with E-state index in [-0.39, 0.29) is 5.41 Å². The maximum Gasteiger partial charge on any atom is 0.0759 e. The van der Waals surface area contributed by atoms with Crippen LogP contribution in [0.3, 0.4) is 0 Å². The minimum atomic E-state index is -0.0569. The van der Waals surface area contributed by atoms with Crippen molar-refractivity contribution in [2.45, 2.75) is 46.0 Å². The molecular formula is C23H20S4. The van der Waals surface area contributed by atoms with Gasteiger partial charge in [0, 0.05) is 39.0 Å². The van der Waals surface area contributed by atoms with Crippen molar-refractivity contribution in [3.63, 3.8) is 0 Å². The first-order chi connectivity index (χ1) is 13.1. The molecule has 136 valence electrons. The third-order valence-corrected chi connectivity index (χ3v) is 11.0. The lowest BCUT2D eigenvalue weighted by atomic mass is 9.72. The minimum Gasteiger partial charge on any atom is -0.139 e. The van der Waals surface area contributed by atoms with Gasteiger partial charge in [0.15, 0.2) is 0 Å². The molecule has 4 aromatic heterocycles. The molecule has 0 nitrogen and oxygen atoms in total. The minimum absolute atomic E-state index is 0.0569. The predicted molar refractivity (Wildman–Crippen MR) is 122 cm³/mol. The van der Waals surface area contributed by atoms with E-state index < -0.39 is 0 Å². The number of thiophene rings is 4. The Labute approximate surface area is 176 Å². The second-order valence-electron chi connectivity index (χ2n) is 7.57. The van der Waals surface area contributed by atoms with Crippen LogP contribution in [0, 0.1) is 13.8 Å². The van der Waals surface area contributed by atoms with E-state index in [1.165, 1.54) is 39.0 Å². The first kappa shape index (κ1) is 16.7. The standard InChI is InChI=1S/C23H20S4/c1-5-13-9-17-21(26-13)19-15(7-11(3)24-19)23(17)16-8-12(4)25-20(16)22-18(23)10-14(6-2)27-22/h7-10H,5-6H2,1-4H3. The lowest BCUT2D eigenvalue weighted by Crippen LogP contribution is -2.24. The largest absolute Gasteiger partial charge is 0.139 e. The highest BCUT2D eigenvalue weighted by Crippen LogP contribution is 2.68. The second kappa shape index (κ2) is 5.44. The van der Waals surface area contributed by atoms with Gasteiger partial charge in [-0.1, -0.05) is 13.8 Å². The van der Waals surface area contributed by atoms with Gasteiger partial charge < -0.3 is 0 Å². The van der Waals surface area contributed by atoms with E-state index in [9.17, 15) is 0 Å². The zero-order valence-electron chi connectivity index (χ0n) is 15.9. The summed E-state index contributed by atoms with van der Waals surface area (Å²) in [5.41, 5.74) is 6.16. The molecule has 4 aromatic rings. The van der Waals surface area contributed by atoms with Crippen LogP contribution in [0.2, 0.25) is 0 Å². The van der Waals surface area contributed by atoms with Gasteiger partial charge in [-0.05, 0) is 73.2 Å². The topological polar surface area (TPSA) is 0 Å². The van der Waals surface area contributed by atoms with Crippen LogP contribution >= 0.6 is 45.3 Å². The van der Waals surface area contributed by atoms with E-state index in [1.807, 2.05) is 45.3 Å². The van der Waals surface area contributed by atoms with E-state index in [0.29, 0.717) is 0 Å². The molecule has 0 amide bonds. The quantitative estimate of drug-likeness (QED) is 0.264. The lowest BCUT2D eigenvalue weighted by molar-refractivity contribution is 0.798. The van der Waals surface area contributed by atoms with Crippen LogP contribution < -0.4 is 0 Å². The normalized spacial score (nSPS) is 15.3. The molecule has 0 aromatic carbocycles. The van der Waals surface area contributed by atoms with Crippen LogP contribution in [0.15, 0.2) is 24.3 Å². The van der Waals surface area contributed by atoms with Crippen molar-refractivity contribution in [3.05, 3.63) is 66.0 Å². The first-order valence-corrected chi connectivity index (χ1v) is 12.8. The van der Waals surface area contributed by atoms with Gasteiger partial charge in [-0.15, -0.1) is 45.3 Å². The van der Waals surface area contributed by atoms with Crippen LogP contribution in [-0.2, 0) is 18.3 Å². The summed E-state index contributed by atoms with van der Waals surface area (Å²) in [6, 6.07) is 10.0. The molecule has 0 aliphatic heterocycles. The highest BCUT2D eigenvalue weighted by Gasteiger charge is 2.55. The van der Waals surface area contributed by atoms with Crippen LogP contribution in [0.25, 0.3) is 19.5 Å². The molecule has 2 aliphatic rings. The van der Waals surface area contributed by atoms with E-state index in [4.69, 9.17) is 0 Å². The van der Waals surface area contributed by atoms with Crippen LogP contribution in [0.5, 0.6) is 0 Å². The third kappa shape index (κ3) is 1.88. The van der Waals surface area contributed by atoms with Gasteiger partial charge in [0.2, 0.25) is 0 Å². The van der Waals surface area contributed by atoms with E-state index in [0.717, 1.165) is 12.8 Å². The highest BCUT2D eigenvalue weighted by atomic mass is 32.1. The van der Waals surface area contributed by atoms with E-state index in [2.05, 4.69) is 52.0 Å². The average Bonchev–Trinajstić information content (AvgIpc) is 3.42. The van der Waals surface area contributed by atoms with Gasteiger partial charge >= 0.3 is 0 Å². The molecule has 4 heteroatoms. The van der Waals surface area contributed by atoms with Crippen molar-refractivity contribution in [2.24, 2.45) is 0 Å². The highest BCUT2D eigenvalue weighted by molar-refractivity contribution is 7.23. The van der Waals surface area contributed by atoms with Gasteiger partial charge in [0.25, 0.3) is 0 Å². The number of rotatable bonds is 2. The van der Waals surface area contributed by atoms with Crippen LogP contribution in [0.4, 0.5) is 0 Å². The molecule has 0 fully saturated rings. The third-order valence-electron chi connectivity index (χ3n) is 6.00. The summed E-state index contributed by atoms with van der Waals surface area (Å²) in [5.74, 6) is 0. The van der Waals surface area contributed by atoms with Crippen LogP contribution in [0.1, 0.15) is 55.6 Å². The maximum atomic E-state index is 2.53. The Morgan fingerprint density at radius 3 is 1.37 bits per heavy atom. The Morgan fingerprint density at radius 2 is 0.963 bits per heavy atom. The molecule has 0 N–H and O–H groups in total. The summed E-state index contributed by atoms with van der Waals surface area (Å²) in [4.78, 5) is 12.0. The smallest absolute Gasteiger partial charge is 0.0759 e. The summed E-state index contributed by atoms with van der Waals surface area (Å²) in [6.07, 6.45) is 2.25. The maximum absolute atomic E-state index is 2.53. The molecule has 0 radical (unpaired) electrons. The summed E-state index contributed by atoms with van der Waals surface area (Å²) in [5, 5.41) is 0. The number of fused-ring (bicyclic) bond motifs is 10. The Hall–Kier alpha value is -1.20. The first-order valence-electron chi connectivity index (χ1n) is 9.56. The molecule has 6 rings (SSSR count). The molecule has 0 saturated heterocycles. The number of hydrogen-bond donors (Lipinski definition) is 0. The Balaban J connectivity index is 1.80. The summed E-state index contributed by atoms with van der Waals surface area (Å²) in [7, 11) is 0. The van der Waals surface area contributed by atoms with Gasteiger partial charge in [0.1, 0.15) is 0 Å². The fourth-order valence-electron chi connectivity index (χ4n) is 4.92.